The summed E-state index contributed by atoms with van der Waals surface area (Å²) in [4.78, 5) is 0. The molecule has 1 rings (SSSR count). The number of ether oxygens (including phenoxy) is 3. The molecule has 0 amide bonds. The van der Waals surface area contributed by atoms with E-state index in [4.69, 9.17) is 36.8 Å². The quantitative estimate of drug-likeness (QED) is 0.239. The Morgan fingerprint density at radius 2 is 2.10 bits per heavy atom. The van der Waals surface area contributed by atoms with E-state index < -0.39 is 0 Å². The molecule has 0 aliphatic heterocycles. The molecular formula is C13H19ClN2O4. The molecule has 0 unspecified atom stereocenters. The molecule has 0 aliphatic rings. The first kappa shape index (κ1) is 16.6. The zero-order valence-electron chi connectivity index (χ0n) is 11.3. The molecule has 3 N–H and O–H groups in total. The molecule has 0 fully saturated rings. The molecule has 0 heterocycles. The average molecular weight is 303 g/mol. The van der Waals surface area contributed by atoms with E-state index in [2.05, 4.69) is 5.16 Å². The summed E-state index contributed by atoms with van der Waals surface area (Å²) in [5.74, 6) is 0.456. The van der Waals surface area contributed by atoms with Crippen molar-refractivity contribution < 1.29 is 19.4 Å². The predicted octanol–water partition coefficient (Wildman–Crippen LogP) is 1.87. The van der Waals surface area contributed by atoms with Gasteiger partial charge in [-0.05, 0) is 18.2 Å². The summed E-state index contributed by atoms with van der Waals surface area (Å²) < 4.78 is 15.8. The molecule has 0 saturated heterocycles. The molecule has 0 radical (unpaired) electrons. The highest BCUT2D eigenvalue weighted by Gasteiger charge is 2.09. The highest BCUT2D eigenvalue weighted by Crippen LogP contribution is 2.23. The zero-order chi connectivity index (χ0) is 14.8. The van der Waals surface area contributed by atoms with Gasteiger partial charge in [0.1, 0.15) is 5.75 Å². The highest BCUT2D eigenvalue weighted by atomic mass is 35.5. The van der Waals surface area contributed by atoms with Crippen molar-refractivity contribution in [1.29, 1.82) is 0 Å². The Morgan fingerprint density at radius 1 is 1.30 bits per heavy atom. The second-order valence-electron chi connectivity index (χ2n) is 3.93. The van der Waals surface area contributed by atoms with Crippen LogP contribution in [0.25, 0.3) is 0 Å². The molecule has 0 spiro atoms. The van der Waals surface area contributed by atoms with Gasteiger partial charge in [0.2, 0.25) is 0 Å². The van der Waals surface area contributed by atoms with Crippen LogP contribution in [-0.2, 0) is 9.47 Å². The van der Waals surface area contributed by atoms with Crippen molar-refractivity contribution in [1.82, 2.24) is 0 Å². The van der Waals surface area contributed by atoms with Gasteiger partial charge in [-0.25, -0.2) is 0 Å². The van der Waals surface area contributed by atoms with Gasteiger partial charge in [0.15, 0.2) is 5.84 Å². The lowest BCUT2D eigenvalue weighted by atomic mass is 10.2. The monoisotopic (exact) mass is 302 g/mol. The molecule has 1 aromatic carbocycles. The minimum absolute atomic E-state index is 0.0204. The zero-order valence-corrected chi connectivity index (χ0v) is 12.1. The lowest BCUT2D eigenvalue weighted by Crippen LogP contribution is -2.15. The normalized spacial score (nSPS) is 11.6. The van der Waals surface area contributed by atoms with Gasteiger partial charge in [0.05, 0.1) is 25.4 Å². The largest absolute Gasteiger partial charge is 0.493 e. The number of methoxy groups -OCH3 is 1. The van der Waals surface area contributed by atoms with Crippen LogP contribution in [0.3, 0.4) is 0 Å². The average Bonchev–Trinajstić information content (AvgIpc) is 2.45. The molecule has 112 valence electrons. The number of nitrogens with two attached hydrogens (primary N) is 1. The third-order valence-corrected chi connectivity index (χ3v) is 2.68. The molecule has 0 aliphatic carbocycles. The van der Waals surface area contributed by atoms with Gasteiger partial charge in [-0.15, -0.1) is 0 Å². The smallest absolute Gasteiger partial charge is 0.173 e. The number of halogens is 1. The van der Waals surface area contributed by atoms with E-state index in [1.165, 1.54) is 0 Å². The molecule has 0 saturated carbocycles. The fourth-order valence-electron chi connectivity index (χ4n) is 1.47. The maximum absolute atomic E-state index is 8.72. The Morgan fingerprint density at radius 3 is 2.80 bits per heavy atom. The van der Waals surface area contributed by atoms with E-state index in [1.54, 1.807) is 25.3 Å². The minimum Gasteiger partial charge on any atom is -0.493 e. The van der Waals surface area contributed by atoms with Crippen molar-refractivity contribution >= 4 is 17.4 Å². The lowest BCUT2D eigenvalue weighted by molar-refractivity contribution is 0.0644. The summed E-state index contributed by atoms with van der Waals surface area (Å²) in [5, 5.41) is 12.2. The van der Waals surface area contributed by atoms with Crippen molar-refractivity contribution in [3.63, 3.8) is 0 Å². The van der Waals surface area contributed by atoms with Crippen LogP contribution in [0, 0.1) is 0 Å². The fraction of sp³-hybridized carbons (Fsp3) is 0.462. The van der Waals surface area contributed by atoms with Crippen LogP contribution in [0.15, 0.2) is 23.4 Å². The number of rotatable bonds is 9. The van der Waals surface area contributed by atoms with Crippen molar-refractivity contribution in [2.75, 3.05) is 33.5 Å². The van der Waals surface area contributed by atoms with Gasteiger partial charge in [-0.3, -0.25) is 0 Å². The van der Waals surface area contributed by atoms with Crippen LogP contribution in [0.4, 0.5) is 0 Å². The lowest BCUT2D eigenvalue weighted by Gasteiger charge is -2.11. The summed E-state index contributed by atoms with van der Waals surface area (Å²) in [6.45, 7) is 2.15. The molecule has 6 nitrogen and oxygen atoms in total. The number of benzene rings is 1. The van der Waals surface area contributed by atoms with E-state index in [-0.39, 0.29) is 5.84 Å². The van der Waals surface area contributed by atoms with Gasteiger partial charge in [-0.2, -0.15) is 0 Å². The number of hydrogen-bond donors (Lipinski definition) is 2. The van der Waals surface area contributed by atoms with Crippen LogP contribution in [0.5, 0.6) is 5.75 Å². The van der Waals surface area contributed by atoms with Crippen LogP contribution in [0.1, 0.15) is 12.0 Å². The summed E-state index contributed by atoms with van der Waals surface area (Å²) in [7, 11) is 1.63. The van der Waals surface area contributed by atoms with Crippen molar-refractivity contribution in [3.8, 4) is 5.75 Å². The van der Waals surface area contributed by atoms with Gasteiger partial charge in [-0.1, -0.05) is 16.8 Å². The van der Waals surface area contributed by atoms with Gasteiger partial charge in [0, 0.05) is 25.2 Å². The van der Waals surface area contributed by atoms with Gasteiger partial charge in [0.25, 0.3) is 0 Å². The van der Waals surface area contributed by atoms with Crippen molar-refractivity contribution in [3.05, 3.63) is 28.8 Å². The Labute approximate surface area is 123 Å². The van der Waals surface area contributed by atoms with Crippen LogP contribution in [-0.4, -0.2) is 44.6 Å². The van der Waals surface area contributed by atoms with Crippen molar-refractivity contribution in [2.45, 2.75) is 6.42 Å². The summed E-state index contributed by atoms with van der Waals surface area (Å²) in [5.41, 5.74) is 6.07. The van der Waals surface area contributed by atoms with Crippen LogP contribution < -0.4 is 10.5 Å². The molecule has 7 heteroatoms. The Bertz CT molecular complexity index is 440. The first-order valence-corrected chi connectivity index (χ1v) is 6.53. The summed E-state index contributed by atoms with van der Waals surface area (Å²) >= 11 is 5.90. The maximum Gasteiger partial charge on any atom is 0.173 e. The van der Waals surface area contributed by atoms with E-state index in [1.807, 2.05) is 0 Å². The second kappa shape index (κ2) is 9.41. The Kier molecular flexibility index (Phi) is 7.79. The molecular weight excluding hydrogens is 284 g/mol. The molecule has 0 atom stereocenters. The summed E-state index contributed by atoms with van der Waals surface area (Å²) in [6.07, 6.45) is 0.714. The SMILES string of the molecule is COCCOCCCOc1cc(Cl)ccc1/C(N)=N/O. The van der Waals surface area contributed by atoms with Crippen molar-refractivity contribution in [2.24, 2.45) is 10.9 Å². The van der Waals surface area contributed by atoms with Gasteiger partial charge < -0.3 is 25.2 Å². The topological polar surface area (TPSA) is 86.3 Å². The third-order valence-electron chi connectivity index (χ3n) is 2.45. The van der Waals surface area contributed by atoms with E-state index >= 15 is 0 Å². The van der Waals surface area contributed by atoms with Crippen LogP contribution in [0.2, 0.25) is 5.02 Å². The standard InChI is InChI=1S/C13H19ClN2O4/c1-18-7-8-19-5-2-6-20-12-9-10(14)3-4-11(12)13(15)16-17/h3-4,9,17H,2,5-8H2,1H3,(H2,15,16). The molecule has 1 aromatic rings. The highest BCUT2D eigenvalue weighted by molar-refractivity contribution is 6.30. The van der Waals surface area contributed by atoms with E-state index in [0.29, 0.717) is 49.2 Å². The number of amidine groups is 1. The van der Waals surface area contributed by atoms with Gasteiger partial charge >= 0.3 is 0 Å². The summed E-state index contributed by atoms with van der Waals surface area (Å²) in [6, 6.07) is 4.91. The number of nitrogens with zero attached hydrogens (tertiary/aromatic N) is 1. The van der Waals surface area contributed by atoms with E-state index in [0.717, 1.165) is 0 Å². The molecule has 20 heavy (non-hydrogen) atoms. The Balaban J connectivity index is 2.44. The maximum atomic E-state index is 8.72. The van der Waals surface area contributed by atoms with Crippen LogP contribution >= 0.6 is 11.6 Å². The first-order valence-electron chi connectivity index (χ1n) is 6.16. The third kappa shape index (κ3) is 5.64. The predicted molar refractivity (Wildman–Crippen MR) is 76.8 cm³/mol. The Hall–Kier alpha value is -1.50. The number of oxime groups is 1. The fourth-order valence-corrected chi connectivity index (χ4v) is 1.63. The van der Waals surface area contributed by atoms with E-state index in [9.17, 15) is 0 Å². The number of hydrogen-bond acceptors (Lipinski definition) is 5. The second-order valence-corrected chi connectivity index (χ2v) is 4.37. The first-order chi connectivity index (χ1) is 9.69. The minimum atomic E-state index is -0.0204. The molecule has 0 aromatic heterocycles. The molecule has 0 bridgehead atoms.